The maximum absolute atomic E-state index is 5.45. The van der Waals surface area contributed by atoms with E-state index in [4.69, 9.17) is 9.47 Å². The first-order chi connectivity index (χ1) is 11.7. The van der Waals surface area contributed by atoms with Crippen LogP contribution in [0.3, 0.4) is 0 Å². The van der Waals surface area contributed by atoms with Gasteiger partial charge in [-0.3, -0.25) is 9.80 Å². The lowest BCUT2D eigenvalue weighted by Gasteiger charge is -2.35. The first-order valence-electron chi connectivity index (χ1n) is 9.34. The number of benzene rings is 1. The van der Waals surface area contributed by atoms with E-state index in [1.165, 1.54) is 51.0 Å². The van der Waals surface area contributed by atoms with Gasteiger partial charge in [-0.05, 0) is 49.4 Å². The molecule has 4 nitrogen and oxygen atoms in total. The highest BCUT2D eigenvalue weighted by Crippen LogP contribution is 2.29. The predicted molar refractivity (Wildman–Crippen MR) is 97.4 cm³/mol. The second-order valence-electron chi connectivity index (χ2n) is 7.37. The summed E-state index contributed by atoms with van der Waals surface area (Å²) in [5, 5.41) is 0. The fourth-order valence-electron chi connectivity index (χ4n) is 4.42. The Bertz CT molecular complexity index is 534. The van der Waals surface area contributed by atoms with Gasteiger partial charge in [0.2, 0.25) is 0 Å². The Hall–Kier alpha value is -1.10. The van der Waals surface area contributed by atoms with Crippen molar-refractivity contribution >= 4 is 0 Å². The third kappa shape index (κ3) is 4.11. The SMILES string of the molecule is CCCN1C[C@H]2CC[C@@H]1CN(Cc1ccc(OC)c(COC)c1)C2. The van der Waals surface area contributed by atoms with Crippen LogP contribution in [-0.2, 0) is 17.9 Å². The second-order valence-corrected chi connectivity index (χ2v) is 7.37. The van der Waals surface area contributed by atoms with E-state index in [0.717, 1.165) is 29.8 Å². The van der Waals surface area contributed by atoms with Crippen LogP contribution in [0.15, 0.2) is 18.2 Å². The Balaban J connectivity index is 1.69. The van der Waals surface area contributed by atoms with Crippen LogP contribution in [-0.4, -0.2) is 56.2 Å². The summed E-state index contributed by atoms with van der Waals surface area (Å²) in [6.07, 6.45) is 4.04. The fraction of sp³-hybridized carbons (Fsp3) is 0.700. The minimum Gasteiger partial charge on any atom is -0.496 e. The van der Waals surface area contributed by atoms with Crippen LogP contribution in [0.1, 0.15) is 37.3 Å². The summed E-state index contributed by atoms with van der Waals surface area (Å²) in [7, 11) is 3.46. The number of hydrogen-bond acceptors (Lipinski definition) is 4. The molecule has 134 valence electrons. The molecule has 3 fully saturated rings. The summed E-state index contributed by atoms with van der Waals surface area (Å²) in [4.78, 5) is 5.40. The van der Waals surface area contributed by atoms with Gasteiger partial charge in [0, 0.05) is 44.9 Å². The zero-order valence-electron chi connectivity index (χ0n) is 15.5. The van der Waals surface area contributed by atoms with E-state index in [0.29, 0.717) is 6.61 Å². The van der Waals surface area contributed by atoms with E-state index in [2.05, 4.69) is 34.9 Å². The number of ether oxygens (including phenoxy) is 2. The number of hydrogen-bond donors (Lipinski definition) is 0. The van der Waals surface area contributed by atoms with Gasteiger partial charge in [-0.15, -0.1) is 0 Å². The standard InChI is InChI=1S/C20H32N2O2/c1-4-9-22-13-17-5-7-19(22)14-21(12-17)11-16-6-8-20(24-3)18(10-16)15-23-2/h6,8,10,17,19H,4-5,7,9,11-15H2,1-3H3/t17-,19+/m0/s1. The molecule has 3 aliphatic rings. The molecular formula is C20H32N2O2. The van der Waals surface area contributed by atoms with E-state index >= 15 is 0 Å². The second kappa shape index (κ2) is 8.32. The van der Waals surface area contributed by atoms with Crippen molar-refractivity contribution in [3.8, 4) is 5.75 Å². The third-order valence-corrected chi connectivity index (χ3v) is 5.46. The van der Waals surface area contributed by atoms with Gasteiger partial charge < -0.3 is 9.47 Å². The maximum Gasteiger partial charge on any atom is 0.124 e. The lowest BCUT2D eigenvalue weighted by Crippen LogP contribution is -2.44. The Morgan fingerprint density at radius 3 is 2.75 bits per heavy atom. The van der Waals surface area contributed by atoms with E-state index in [1.54, 1.807) is 14.2 Å². The highest BCUT2D eigenvalue weighted by molar-refractivity contribution is 5.37. The highest BCUT2D eigenvalue weighted by atomic mass is 16.5. The van der Waals surface area contributed by atoms with Gasteiger partial charge in [0.15, 0.2) is 0 Å². The summed E-state index contributed by atoms with van der Waals surface area (Å²) < 4.78 is 10.8. The Morgan fingerprint density at radius 1 is 1.12 bits per heavy atom. The molecule has 2 bridgehead atoms. The minimum absolute atomic E-state index is 0.604. The van der Waals surface area contributed by atoms with Gasteiger partial charge >= 0.3 is 0 Å². The third-order valence-electron chi connectivity index (χ3n) is 5.46. The monoisotopic (exact) mass is 332 g/mol. The van der Waals surface area contributed by atoms with Gasteiger partial charge in [0.05, 0.1) is 13.7 Å². The van der Waals surface area contributed by atoms with Crippen LogP contribution in [0.25, 0.3) is 0 Å². The number of piperidine rings is 1. The molecule has 2 atom stereocenters. The number of methoxy groups -OCH3 is 2. The normalized spacial score (nSPS) is 25.0. The summed E-state index contributed by atoms with van der Waals surface area (Å²) in [6, 6.07) is 7.29. The molecule has 0 aromatic heterocycles. The van der Waals surface area contributed by atoms with Crippen molar-refractivity contribution in [2.45, 2.75) is 45.4 Å². The summed E-state index contributed by atoms with van der Waals surface area (Å²) in [5.41, 5.74) is 2.51. The molecule has 24 heavy (non-hydrogen) atoms. The van der Waals surface area contributed by atoms with Crippen molar-refractivity contribution in [3.05, 3.63) is 29.3 Å². The van der Waals surface area contributed by atoms with Crippen LogP contribution in [0.2, 0.25) is 0 Å². The highest BCUT2D eigenvalue weighted by Gasteiger charge is 2.34. The molecule has 0 amide bonds. The van der Waals surface area contributed by atoms with Crippen molar-refractivity contribution in [1.29, 1.82) is 0 Å². The molecule has 0 radical (unpaired) electrons. The molecule has 0 N–H and O–H groups in total. The van der Waals surface area contributed by atoms with Crippen molar-refractivity contribution in [3.63, 3.8) is 0 Å². The van der Waals surface area contributed by atoms with Gasteiger partial charge in [0.25, 0.3) is 0 Å². The van der Waals surface area contributed by atoms with Gasteiger partial charge in [-0.25, -0.2) is 0 Å². The average molecular weight is 332 g/mol. The zero-order valence-corrected chi connectivity index (χ0v) is 15.5. The van der Waals surface area contributed by atoms with Crippen molar-refractivity contribution in [2.24, 2.45) is 5.92 Å². The van der Waals surface area contributed by atoms with Crippen LogP contribution in [0.4, 0.5) is 0 Å². The average Bonchev–Trinajstić information content (AvgIpc) is 2.86. The van der Waals surface area contributed by atoms with E-state index in [9.17, 15) is 0 Å². The van der Waals surface area contributed by atoms with Crippen molar-refractivity contribution < 1.29 is 9.47 Å². The quantitative estimate of drug-likeness (QED) is 0.766. The van der Waals surface area contributed by atoms with Crippen LogP contribution < -0.4 is 4.74 Å². The molecule has 3 heterocycles. The van der Waals surface area contributed by atoms with Crippen LogP contribution in [0, 0.1) is 5.92 Å². The fourth-order valence-corrected chi connectivity index (χ4v) is 4.42. The smallest absolute Gasteiger partial charge is 0.124 e. The molecule has 0 saturated carbocycles. The number of rotatable bonds is 7. The van der Waals surface area contributed by atoms with Crippen LogP contribution in [0.5, 0.6) is 5.75 Å². The topological polar surface area (TPSA) is 24.9 Å². The lowest BCUT2D eigenvalue weighted by atomic mass is 9.95. The molecule has 4 heteroatoms. The Labute approximate surface area is 146 Å². The van der Waals surface area contributed by atoms with E-state index in [1.807, 2.05) is 0 Å². The summed E-state index contributed by atoms with van der Waals surface area (Å²) in [6.45, 7) is 8.94. The Morgan fingerprint density at radius 2 is 2.00 bits per heavy atom. The maximum atomic E-state index is 5.45. The summed E-state index contributed by atoms with van der Waals surface area (Å²) >= 11 is 0. The molecule has 0 spiro atoms. The van der Waals surface area contributed by atoms with Crippen LogP contribution >= 0.6 is 0 Å². The molecular weight excluding hydrogens is 300 g/mol. The van der Waals surface area contributed by atoms with Gasteiger partial charge in [0.1, 0.15) is 5.75 Å². The number of fused-ring (bicyclic) bond motifs is 4. The summed E-state index contributed by atoms with van der Waals surface area (Å²) in [5.74, 6) is 1.76. The zero-order chi connectivity index (χ0) is 16.9. The predicted octanol–water partition coefficient (Wildman–Crippen LogP) is 3.15. The molecule has 4 rings (SSSR count). The van der Waals surface area contributed by atoms with Gasteiger partial charge in [-0.1, -0.05) is 13.0 Å². The lowest BCUT2D eigenvalue weighted by molar-refractivity contribution is 0.131. The molecule has 0 unspecified atom stereocenters. The minimum atomic E-state index is 0.604. The molecule has 3 aliphatic heterocycles. The van der Waals surface area contributed by atoms with Crippen molar-refractivity contribution in [2.75, 3.05) is 40.4 Å². The van der Waals surface area contributed by atoms with E-state index < -0.39 is 0 Å². The van der Waals surface area contributed by atoms with E-state index in [-0.39, 0.29) is 0 Å². The molecule has 0 aliphatic carbocycles. The first kappa shape index (κ1) is 17.7. The number of nitrogens with zero attached hydrogens (tertiary/aromatic N) is 2. The molecule has 1 aromatic carbocycles. The Kier molecular flexibility index (Phi) is 6.14. The molecule has 3 saturated heterocycles. The molecule has 1 aromatic rings. The largest absolute Gasteiger partial charge is 0.496 e. The van der Waals surface area contributed by atoms with Crippen molar-refractivity contribution in [1.82, 2.24) is 9.80 Å². The van der Waals surface area contributed by atoms with Gasteiger partial charge in [-0.2, -0.15) is 0 Å². The first-order valence-corrected chi connectivity index (χ1v) is 9.34.